The summed E-state index contributed by atoms with van der Waals surface area (Å²) in [5.74, 6) is 0. The van der Waals surface area contributed by atoms with E-state index in [0.717, 1.165) is 0 Å². The van der Waals surface area contributed by atoms with Gasteiger partial charge in [-0.25, -0.2) is 0 Å². The summed E-state index contributed by atoms with van der Waals surface area (Å²) < 4.78 is 4.46. The van der Waals surface area contributed by atoms with E-state index in [1.165, 1.54) is 55.5 Å². The molecule has 1 aromatic heterocycles. The zero-order valence-electron chi connectivity index (χ0n) is 11.9. The number of aryl methyl sites for hydroxylation is 1. The van der Waals surface area contributed by atoms with Crippen molar-refractivity contribution in [3.63, 3.8) is 0 Å². The van der Waals surface area contributed by atoms with E-state index in [1.807, 2.05) is 0 Å². The molecule has 0 amide bonds. The van der Waals surface area contributed by atoms with Crippen molar-refractivity contribution in [2.75, 3.05) is 0 Å². The monoisotopic (exact) mass is 253 g/mol. The molecule has 0 spiro atoms. The van der Waals surface area contributed by atoms with E-state index in [4.69, 9.17) is 0 Å². The first-order chi connectivity index (χ1) is 8.12. The van der Waals surface area contributed by atoms with E-state index in [0.29, 0.717) is 5.41 Å². The normalized spacial score (nSPS) is 14.8. The average molecular weight is 253 g/mol. The molecule has 0 aromatic carbocycles. The first-order valence-corrected chi connectivity index (χ1v) is 7.83. The van der Waals surface area contributed by atoms with Crippen molar-refractivity contribution in [1.29, 1.82) is 0 Å². The van der Waals surface area contributed by atoms with Crippen molar-refractivity contribution in [1.82, 2.24) is 4.37 Å². The minimum absolute atomic E-state index is 0.372. The minimum atomic E-state index is 0.372. The van der Waals surface area contributed by atoms with Crippen LogP contribution < -0.4 is 0 Å². The van der Waals surface area contributed by atoms with Gasteiger partial charge in [0.1, 0.15) is 0 Å². The van der Waals surface area contributed by atoms with Gasteiger partial charge >= 0.3 is 0 Å². The molecule has 0 saturated carbocycles. The van der Waals surface area contributed by atoms with Crippen LogP contribution in [0.3, 0.4) is 0 Å². The Morgan fingerprint density at radius 2 is 1.76 bits per heavy atom. The lowest BCUT2D eigenvalue weighted by Gasteiger charge is -2.28. The summed E-state index contributed by atoms with van der Waals surface area (Å²) in [6, 6.07) is 2.30. The highest BCUT2D eigenvalue weighted by Crippen LogP contribution is 2.37. The zero-order valence-corrected chi connectivity index (χ0v) is 12.7. The maximum absolute atomic E-state index is 4.46. The number of rotatable bonds is 8. The summed E-state index contributed by atoms with van der Waals surface area (Å²) >= 11 is 1.71. The topological polar surface area (TPSA) is 12.9 Å². The third-order valence-electron chi connectivity index (χ3n) is 3.64. The van der Waals surface area contributed by atoms with Crippen molar-refractivity contribution in [2.45, 2.75) is 78.1 Å². The van der Waals surface area contributed by atoms with Gasteiger partial charge in [0, 0.05) is 10.3 Å². The predicted molar refractivity (Wildman–Crippen MR) is 77.9 cm³/mol. The van der Waals surface area contributed by atoms with Gasteiger partial charge in [0.2, 0.25) is 0 Å². The van der Waals surface area contributed by atoms with Crippen LogP contribution in [-0.4, -0.2) is 4.37 Å². The maximum atomic E-state index is 4.46. The summed E-state index contributed by atoms with van der Waals surface area (Å²) in [5.41, 5.74) is 1.56. The Bertz CT molecular complexity index is 318. The third kappa shape index (κ3) is 4.42. The van der Waals surface area contributed by atoms with Gasteiger partial charge in [-0.2, -0.15) is 4.37 Å². The lowest BCUT2D eigenvalue weighted by atomic mass is 9.78. The summed E-state index contributed by atoms with van der Waals surface area (Å²) in [5, 5.41) is 0. The number of nitrogens with zero attached hydrogens (tertiary/aromatic N) is 1. The Hall–Kier alpha value is -0.370. The Morgan fingerprint density at radius 3 is 2.29 bits per heavy atom. The third-order valence-corrected chi connectivity index (χ3v) is 4.82. The zero-order chi connectivity index (χ0) is 12.7. The molecule has 1 nitrogen and oxygen atoms in total. The lowest BCUT2D eigenvalue weighted by molar-refractivity contribution is 0.377. The highest BCUT2D eigenvalue weighted by atomic mass is 32.1. The molecule has 0 aliphatic rings. The second-order valence-corrected chi connectivity index (χ2v) is 6.26. The lowest BCUT2D eigenvalue weighted by Crippen LogP contribution is -2.20. The van der Waals surface area contributed by atoms with E-state index in [9.17, 15) is 0 Å². The van der Waals surface area contributed by atoms with Gasteiger partial charge in [-0.15, -0.1) is 0 Å². The smallest absolute Gasteiger partial charge is 0.0514 e. The predicted octanol–water partition coefficient (Wildman–Crippen LogP) is 5.48. The molecular formula is C15H27NS. The Kier molecular flexibility index (Phi) is 6.18. The maximum Gasteiger partial charge on any atom is 0.0514 e. The van der Waals surface area contributed by atoms with Gasteiger partial charge in [-0.1, -0.05) is 52.9 Å². The van der Waals surface area contributed by atoms with Gasteiger partial charge in [0.15, 0.2) is 0 Å². The first-order valence-electron chi connectivity index (χ1n) is 7.06. The molecule has 17 heavy (non-hydrogen) atoms. The van der Waals surface area contributed by atoms with Crippen LogP contribution >= 0.6 is 11.5 Å². The van der Waals surface area contributed by atoms with E-state index < -0.39 is 0 Å². The number of unbranched alkanes of at least 4 members (excludes halogenated alkanes) is 3. The van der Waals surface area contributed by atoms with Gasteiger partial charge in [-0.05, 0) is 37.4 Å². The molecule has 0 aliphatic carbocycles. The van der Waals surface area contributed by atoms with Crippen LogP contribution in [0.2, 0.25) is 0 Å². The molecule has 0 aliphatic heterocycles. The number of aromatic nitrogens is 1. The highest BCUT2D eigenvalue weighted by molar-refractivity contribution is 7.06. The molecule has 1 aromatic rings. The molecule has 0 N–H and O–H groups in total. The Balaban J connectivity index is 2.70. The first kappa shape index (κ1) is 14.7. The molecule has 0 fully saturated rings. The minimum Gasteiger partial charge on any atom is -0.198 e. The van der Waals surface area contributed by atoms with Crippen LogP contribution in [0.15, 0.2) is 6.07 Å². The summed E-state index contributed by atoms with van der Waals surface area (Å²) in [7, 11) is 0. The molecule has 1 heterocycles. The van der Waals surface area contributed by atoms with Crippen molar-refractivity contribution in [3.8, 4) is 0 Å². The number of hydrogen-bond acceptors (Lipinski definition) is 2. The molecule has 0 bridgehead atoms. The van der Waals surface area contributed by atoms with Gasteiger partial charge in [0.05, 0.1) is 5.69 Å². The van der Waals surface area contributed by atoms with Crippen LogP contribution in [0.25, 0.3) is 0 Å². The van der Waals surface area contributed by atoms with Crippen molar-refractivity contribution >= 4 is 11.5 Å². The Morgan fingerprint density at radius 1 is 1.12 bits per heavy atom. The van der Waals surface area contributed by atoms with E-state index >= 15 is 0 Å². The van der Waals surface area contributed by atoms with E-state index in [-0.39, 0.29) is 0 Å². The molecule has 1 atom stereocenters. The van der Waals surface area contributed by atoms with Gasteiger partial charge in [-0.3, -0.25) is 0 Å². The standard InChI is InChI=1S/C15H27NS/c1-5-7-9-11-15(4,10-8-6-2)14-12-13(3)16-17-14/h12H,5-11H2,1-4H3. The molecular weight excluding hydrogens is 226 g/mol. The van der Waals surface area contributed by atoms with Crippen LogP contribution in [0.4, 0.5) is 0 Å². The van der Waals surface area contributed by atoms with Crippen LogP contribution in [0, 0.1) is 6.92 Å². The fraction of sp³-hybridized carbons (Fsp3) is 0.800. The molecule has 1 unspecified atom stereocenters. The summed E-state index contributed by atoms with van der Waals surface area (Å²) in [6.45, 7) is 9.10. The molecule has 0 saturated heterocycles. The van der Waals surface area contributed by atoms with E-state index in [1.54, 1.807) is 11.5 Å². The number of hydrogen-bond donors (Lipinski definition) is 0. The summed E-state index contributed by atoms with van der Waals surface area (Å²) in [4.78, 5) is 1.50. The van der Waals surface area contributed by atoms with Crippen LogP contribution in [0.5, 0.6) is 0 Å². The molecule has 1 rings (SSSR count). The van der Waals surface area contributed by atoms with Crippen LogP contribution in [-0.2, 0) is 5.41 Å². The van der Waals surface area contributed by atoms with Gasteiger partial charge in [0.25, 0.3) is 0 Å². The fourth-order valence-corrected chi connectivity index (χ4v) is 3.29. The fourth-order valence-electron chi connectivity index (χ4n) is 2.35. The second-order valence-electron chi connectivity index (χ2n) is 5.45. The Labute approximate surface area is 111 Å². The second kappa shape index (κ2) is 7.15. The SMILES string of the molecule is CCCCCC(C)(CCCC)c1cc(C)ns1. The summed E-state index contributed by atoms with van der Waals surface area (Å²) in [6.07, 6.45) is 9.29. The highest BCUT2D eigenvalue weighted by Gasteiger charge is 2.27. The van der Waals surface area contributed by atoms with Gasteiger partial charge < -0.3 is 0 Å². The molecule has 98 valence electrons. The van der Waals surface area contributed by atoms with Crippen molar-refractivity contribution in [3.05, 3.63) is 16.6 Å². The van der Waals surface area contributed by atoms with E-state index in [2.05, 4.69) is 38.1 Å². The average Bonchev–Trinajstić information content (AvgIpc) is 2.74. The van der Waals surface area contributed by atoms with Crippen LogP contribution in [0.1, 0.15) is 76.3 Å². The van der Waals surface area contributed by atoms with Crippen molar-refractivity contribution in [2.24, 2.45) is 0 Å². The quantitative estimate of drug-likeness (QED) is 0.559. The van der Waals surface area contributed by atoms with Crippen molar-refractivity contribution < 1.29 is 0 Å². The molecule has 0 radical (unpaired) electrons. The molecule has 2 heteroatoms. The largest absolute Gasteiger partial charge is 0.198 e.